The predicted molar refractivity (Wildman–Crippen MR) is 137 cm³/mol. The molecule has 0 aliphatic heterocycles. The number of para-hydroxylation sites is 3. The van der Waals surface area contributed by atoms with Crippen LogP contribution in [0.5, 0.6) is 0 Å². The first kappa shape index (κ1) is 20.1. The van der Waals surface area contributed by atoms with E-state index in [0.29, 0.717) is 0 Å². The summed E-state index contributed by atoms with van der Waals surface area (Å²) in [6.07, 6.45) is 1.95. The molecule has 1 aromatic heterocycles. The Kier molecular flexibility index (Phi) is 5.02. The van der Waals surface area contributed by atoms with E-state index in [4.69, 9.17) is 5.10 Å². The predicted octanol–water partition coefficient (Wildman–Crippen LogP) is 7.72. The van der Waals surface area contributed by atoms with Gasteiger partial charge in [-0.2, -0.15) is 5.10 Å². The zero-order chi connectivity index (χ0) is 22.1. The number of anilines is 2. The van der Waals surface area contributed by atoms with E-state index in [2.05, 4.69) is 92.1 Å². The normalized spacial score (nSPS) is 12.1. The maximum atomic E-state index is 4.88. The molecule has 5 rings (SSSR count). The third-order valence-corrected chi connectivity index (χ3v) is 5.69. The molecule has 0 bridgehead atoms. The SMILES string of the molecule is CC(C)(C)n1c2ccccc2c2cc(C=NN(c3ccccc3)c3ccccc3)ccc21. The molecule has 0 spiro atoms. The quantitative estimate of drug-likeness (QED) is 0.216. The second kappa shape index (κ2) is 8.01. The summed E-state index contributed by atoms with van der Waals surface area (Å²) in [4.78, 5) is 0. The van der Waals surface area contributed by atoms with Gasteiger partial charge >= 0.3 is 0 Å². The van der Waals surface area contributed by atoms with Gasteiger partial charge in [0, 0.05) is 27.3 Å². The molecule has 0 aliphatic rings. The van der Waals surface area contributed by atoms with Crippen molar-refractivity contribution in [3.05, 3.63) is 109 Å². The van der Waals surface area contributed by atoms with Gasteiger partial charge in [0.15, 0.2) is 0 Å². The third-order valence-electron chi connectivity index (χ3n) is 5.69. The molecule has 5 aromatic rings. The number of benzene rings is 4. The van der Waals surface area contributed by atoms with Gasteiger partial charge in [0.05, 0.1) is 17.6 Å². The lowest BCUT2D eigenvalue weighted by atomic mass is 10.1. The average Bonchev–Trinajstić information content (AvgIpc) is 3.15. The maximum absolute atomic E-state index is 4.88. The largest absolute Gasteiger partial charge is 0.335 e. The van der Waals surface area contributed by atoms with Crippen molar-refractivity contribution in [2.24, 2.45) is 5.10 Å². The van der Waals surface area contributed by atoms with Crippen molar-refractivity contribution in [3.63, 3.8) is 0 Å². The van der Waals surface area contributed by atoms with E-state index < -0.39 is 0 Å². The summed E-state index contributed by atoms with van der Waals surface area (Å²) in [5, 5.41) is 9.38. The van der Waals surface area contributed by atoms with Crippen molar-refractivity contribution in [2.45, 2.75) is 26.3 Å². The van der Waals surface area contributed by atoms with Crippen LogP contribution in [0.4, 0.5) is 11.4 Å². The Morgan fingerprint density at radius 2 is 1.22 bits per heavy atom. The fourth-order valence-corrected chi connectivity index (χ4v) is 4.34. The zero-order valence-electron chi connectivity index (χ0n) is 18.7. The van der Waals surface area contributed by atoms with E-state index in [-0.39, 0.29) is 5.54 Å². The minimum absolute atomic E-state index is 0.00558. The Bertz CT molecular complexity index is 1350. The summed E-state index contributed by atoms with van der Waals surface area (Å²) in [6, 6.07) is 35.8. The molecule has 0 fully saturated rings. The molecule has 0 N–H and O–H groups in total. The third kappa shape index (κ3) is 3.67. The lowest BCUT2D eigenvalue weighted by Gasteiger charge is -2.24. The molecule has 32 heavy (non-hydrogen) atoms. The van der Waals surface area contributed by atoms with Gasteiger partial charge in [0.2, 0.25) is 0 Å². The molecule has 158 valence electrons. The lowest BCUT2D eigenvalue weighted by Crippen LogP contribution is -2.21. The molecule has 0 amide bonds. The Balaban J connectivity index is 1.61. The zero-order valence-corrected chi connectivity index (χ0v) is 18.7. The first-order chi connectivity index (χ1) is 15.5. The molecule has 0 atom stereocenters. The van der Waals surface area contributed by atoms with Crippen molar-refractivity contribution in [1.29, 1.82) is 0 Å². The molecule has 0 aliphatic carbocycles. The summed E-state index contributed by atoms with van der Waals surface area (Å²) in [6.45, 7) is 6.77. The van der Waals surface area contributed by atoms with Crippen LogP contribution in [0.1, 0.15) is 26.3 Å². The van der Waals surface area contributed by atoms with Crippen LogP contribution in [0.3, 0.4) is 0 Å². The van der Waals surface area contributed by atoms with E-state index in [1.54, 1.807) is 0 Å². The van der Waals surface area contributed by atoms with Gasteiger partial charge in [-0.3, -0.25) is 0 Å². The second-order valence-electron chi connectivity index (χ2n) is 9.03. The van der Waals surface area contributed by atoms with Crippen molar-refractivity contribution in [3.8, 4) is 0 Å². The molecular formula is C29H27N3. The van der Waals surface area contributed by atoms with Crippen molar-refractivity contribution < 1.29 is 0 Å². The van der Waals surface area contributed by atoms with Crippen LogP contribution in [-0.4, -0.2) is 10.8 Å². The molecule has 3 heteroatoms. The molecule has 0 unspecified atom stereocenters. The van der Waals surface area contributed by atoms with E-state index in [0.717, 1.165) is 16.9 Å². The summed E-state index contributed by atoms with van der Waals surface area (Å²) in [5.41, 5.74) is 5.64. The van der Waals surface area contributed by atoms with Crippen molar-refractivity contribution >= 4 is 39.4 Å². The van der Waals surface area contributed by atoms with Gasteiger partial charge < -0.3 is 4.57 Å². The lowest BCUT2D eigenvalue weighted by molar-refractivity contribution is 0.423. The molecule has 0 saturated heterocycles. The highest BCUT2D eigenvalue weighted by atomic mass is 15.5. The Morgan fingerprint density at radius 1 is 0.656 bits per heavy atom. The van der Waals surface area contributed by atoms with E-state index in [1.165, 1.54) is 21.8 Å². The Morgan fingerprint density at radius 3 is 1.84 bits per heavy atom. The maximum Gasteiger partial charge on any atom is 0.0652 e. The molecule has 0 saturated carbocycles. The van der Waals surface area contributed by atoms with E-state index >= 15 is 0 Å². The minimum Gasteiger partial charge on any atom is -0.335 e. The van der Waals surface area contributed by atoms with Crippen molar-refractivity contribution in [1.82, 2.24) is 4.57 Å². The molecule has 3 nitrogen and oxygen atoms in total. The van der Waals surface area contributed by atoms with Crippen LogP contribution in [0, 0.1) is 0 Å². The standard InChI is InChI=1S/C29H27N3/c1-29(2,3)31-27-17-11-10-16-25(27)26-20-22(18-19-28(26)31)21-30-32(23-12-6-4-7-13-23)24-14-8-5-9-15-24/h4-21H,1-3H3. The van der Waals surface area contributed by atoms with Crippen LogP contribution >= 0.6 is 0 Å². The van der Waals surface area contributed by atoms with Gasteiger partial charge in [-0.15, -0.1) is 0 Å². The average molecular weight is 418 g/mol. The highest BCUT2D eigenvalue weighted by Crippen LogP contribution is 2.34. The van der Waals surface area contributed by atoms with Gasteiger partial charge in [-0.25, -0.2) is 5.01 Å². The first-order valence-electron chi connectivity index (χ1n) is 11.0. The number of fused-ring (bicyclic) bond motifs is 3. The number of aromatic nitrogens is 1. The van der Waals surface area contributed by atoms with Crippen LogP contribution in [0.2, 0.25) is 0 Å². The first-order valence-corrected chi connectivity index (χ1v) is 11.0. The fourth-order valence-electron chi connectivity index (χ4n) is 4.34. The van der Waals surface area contributed by atoms with E-state index in [9.17, 15) is 0 Å². The van der Waals surface area contributed by atoms with Crippen LogP contribution in [0.15, 0.2) is 108 Å². The number of rotatable bonds is 4. The molecular weight excluding hydrogens is 390 g/mol. The highest BCUT2D eigenvalue weighted by Gasteiger charge is 2.20. The Labute approximate surface area is 189 Å². The Hall–Kier alpha value is -3.85. The fraction of sp³-hybridized carbons (Fsp3) is 0.138. The summed E-state index contributed by atoms with van der Waals surface area (Å²) >= 11 is 0. The number of hydrazone groups is 1. The summed E-state index contributed by atoms with van der Waals surface area (Å²) in [7, 11) is 0. The van der Waals surface area contributed by atoms with Crippen molar-refractivity contribution in [2.75, 3.05) is 5.01 Å². The smallest absolute Gasteiger partial charge is 0.0652 e. The van der Waals surface area contributed by atoms with Crippen LogP contribution in [0.25, 0.3) is 21.8 Å². The molecule has 4 aromatic carbocycles. The number of nitrogens with zero attached hydrogens (tertiary/aromatic N) is 3. The topological polar surface area (TPSA) is 20.5 Å². The van der Waals surface area contributed by atoms with Gasteiger partial charge in [0.25, 0.3) is 0 Å². The van der Waals surface area contributed by atoms with Gasteiger partial charge in [0.1, 0.15) is 0 Å². The second-order valence-corrected chi connectivity index (χ2v) is 9.03. The van der Waals surface area contributed by atoms with Gasteiger partial charge in [-0.1, -0.05) is 60.7 Å². The van der Waals surface area contributed by atoms with Crippen LogP contribution < -0.4 is 5.01 Å². The number of hydrogen-bond acceptors (Lipinski definition) is 2. The highest BCUT2D eigenvalue weighted by molar-refractivity contribution is 6.09. The minimum atomic E-state index is -0.00558. The van der Waals surface area contributed by atoms with Gasteiger partial charge in [-0.05, 0) is 68.8 Å². The molecule has 1 heterocycles. The molecule has 0 radical (unpaired) electrons. The summed E-state index contributed by atoms with van der Waals surface area (Å²) < 4.78 is 2.43. The monoisotopic (exact) mass is 417 g/mol. The van der Waals surface area contributed by atoms with Crippen LogP contribution in [-0.2, 0) is 5.54 Å². The number of hydrogen-bond donors (Lipinski definition) is 0. The van der Waals surface area contributed by atoms with E-state index in [1.807, 2.05) is 47.6 Å². The summed E-state index contributed by atoms with van der Waals surface area (Å²) in [5.74, 6) is 0.